The van der Waals surface area contributed by atoms with Gasteiger partial charge in [0, 0.05) is 12.7 Å². The van der Waals surface area contributed by atoms with E-state index in [4.69, 9.17) is 14.0 Å². The van der Waals surface area contributed by atoms with Crippen molar-refractivity contribution < 1.29 is 18.8 Å². The van der Waals surface area contributed by atoms with E-state index in [0.29, 0.717) is 5.75 Å². The second-order valence-electron chi connectivity index (χ2n) is 7.76. The van der Waals surface area contributed by atoms with E-state index >= 15 is 0 Å². The standard InChI is InChI=1S/C20H29BO4S/c1-13-9-17(23-8)10-14(2)18(13)11-16(12-26-15(3)22)21-24-19(4,5)20(6,7)25-21/h9-11H,12H2,1-8H3. The van der Waals surface area contributed by atoms with E-state index in [1.54, 1.807) is 14.0 Å². The van der Waals surface area contributed by atoms with Crippen molar-refractivity contribution in [3.8, 4) is 5.75 Å². The lowest BCUT2D eigenvalue weighted by molar-refractivity contribution is -0.109. The van der Waals surface area contributed by atoms with Gasteiger partial charge in [0.2, 0.25) is 0 Å². The molecule has 1 heterocycles. The third-order valence-electron chi connectivity index (χ3n) is 5.13. The minimum Gasteiger partial charge on any atom is -0.497 e. The fourth-order valence-corrected chi connectivity index (χ4v) is 3.41. The second kappa shape index (κ2) is 7.79. The summed E-state index contributed by atoms with van der Waals surface area (Å²) in [6.45, 7) is 13.8. The van der Waals surface area contributed by atoms with E-state index in [9.17, 15) is 4.79 Å². The number of aryl methyl sites for hydroxylation is 2. The molecule has 1 fully saturated rings. The van der Waals surface area contributed by atoms with Crippen LogP contribution in [-0.2, 0) is 14.1 Å². The highest BCUT2D eigenvalue weighted by molar-refractivity contribution is 8.13. The molecule has 0 saturated carbocycles. The average Bonchev–Trinajstić information content (AvgIpc) is 2.73. The maximum atomic E-state index is 11.5. The molecule has 4 nitrogen and oxygen atoms in total. The molecular formula is C20H29BO4S. The maximum Gasteiger partial charge on any atom is 0.491 e. The van der Waals surface area contributed by atoms with Crippen molar-refractivity contribution in [1.29, 1.82) is 0 Å². The molecule has 2 rings (SSSR count). The first-order valence-electron chi connectivity index (χ1n) is 8.81. The van der Waals surface area contributed by atoms with Gasteiger partial charge in [-0.1, -0.05) is 17.8 Å². The predicted octanol–water partition coefficient (Wildman–Crippen LogP) is 4.61. The van der Waals surface area contributed by atoms with Crippen molar-refractivity contribution in [2.75, 3.05) is 12.9 Å². The summed E-state index contributed by atoms with van der Waals surface area (Å²) >= 11 is 1.27. The number of ether oxygens (including phenoxy) is 1. The fraction of sp³-hybridized carbons (Fsp3) is 0.550. The van der Waals surface area contributed by atoms with Crippen molar-refractivity contribution in [3.05, 3.63) is 34.3 Å². The Bertz CT molecular complexity index is 686. The highest BCUT2D eigenvalue weighted by Gasteiger charge is 2.52. The molecule has 6 heteroatoms. The lowest BCUT2D eigenvalue weighted by atomic mass is 9.77. The Morgan fingerprint density at radius 2 is 1.65 bits per heavy atom. The van der Waals surface area contributed by atoms with Crippen LogP contribution in [0.3, 0.4) is 0 Å². The van der Waals surface area contributed by atoms with Crippen molar-refractivity contribution in [2.45, 2.75) is 59.7 Å². The van der Waals surface area contributed by atoms with Crippen LogP contribution < -0.4 is 4.74 Å². The van der Waals surface area contributed by atoms with Crippen LogP contribution in [-0.4, -0.2) is 36.3 Å². The second-order valence-corrected chi connectivity index (χ2v) is 8.91. The molecule has 1 aliphatic heterocycles. The van der Waals surface area contributed by atoms with Crippen LogP contribution in [0.1, 0.15) is 51.3 Å². The van der Waals surface area contributed by atoms with E-state index in [-0.39, 0.29) is 5.12 Å². The molecule has 0 aromatic heterocycles. The Morgan fingerprint density at radius 3 is 2.08 bits per heavy atom. The van der Waals surface area contributed by atoms with Gasteiger partial charge in [0.25, 0.3) is 0 Å². The SMILES string of the molecule is COc1cc(C)c(C=C(CSC(C)=O)B2OC(C)(C)C(C)(C)O2)c(C)c1. The minimum atomic E-state index is -0.465. The Hall–Kier alpha value is -1.24. The zero-order valence-electron chi connectivity index (χ0n) is 17.1. The molecule has 1 aliphatic rings. The van der Waals surface area contributed by atoms with Crippen LogP contribution in [0.2, 0.25) is 0 Å². The molecule has 26 heavy (non-hydrogen) atoms. The topological polar surface area (TPSA) is 44.8 Å². The first kappa shape index (κ1) is 21.1. The third-order valence-corrected chi connectivity index (χ3v) is 6.01. The van der Waals surface area contributed by atoms with Crippen LogP contribution >= 0.6 is 11.8 Å². The zero-order valence-corrected chi connectivity index (χ0v) is 17.9. The molecule has 0 atom stereocenters. The van der Waals surface area contributed by atoms with Gasteiger partial charge in [0.05, 0.1) is 18.3 Å². The summed E-state index contributed by atoms with van der Waals surface area (Å²) in [5.74, 6) is 1.38. The van der Waals surface area contributed by atoms with Crippen molar-refractivity contribution in [1.82, 2.24) is 0 Å². The summed E-state index contributed by atoms with van der Waals surface area (Å²) in [6.07, 6.45) is 2.10. The number of hydrogen-bond donors (Lipinski definition) is 0. The zero-order chi connectivity index (χ0) is 19.7. The summed E-state index contributed by atoms with van der Waals surface area (Å²) in [7, 11) is 1.20. The molecule has 0 N–H and O–H groups in total. The molecule has 142 valence electrons. The normalized spacial score (nSPS) is 18.9. The molecule has 0 bridgehead atoms. The van der Waals surface area contributed by atoms with Crippen molar-refractivity contribution in [3.63, 3.8) is 0 Å². The van der Waals surface area contributed by atoms with Crippen molar-refractivity contribution >= 4 is 30.1 Å². The first-order valence-corrected chi connectivity index (χ1v) is 9.80. The molecule has 0 unspecified atom stereocenters. The van der Waals surface area contributed by atoms with Gasteiger partial charge in [-0.3, -0.25) is 4.79 Å². The quantitative estimate of drug-likeness (QED) is 0.703. The van der Waals surface area contributed by atoms with Crippen LogP contribution in [0.15, 0.2) is 17.6 Å². The number of carbonyl (C=O) groups is 1. The van der Waals surface area contributed by atoms with Gasteiger partial charge >= 0.3 is 7.12 Å². The highest BCUT2D eigenvalue weighted by atomic mass is 32.2. The lowest BCUT2D eigenvalue weighted by Crippen LogP contribution is -2.41. The molecule has 0 aliphatic carbocycles. The van der Waals surface area contributed by atoms with Gasteiger partial charge in [-0.15, -0.1) is 0 Å². The summed E-state index contributed by atoms with van der Waals surface area (Å²) in [5.41, 5.74) is 3.47. The van der Waals surface area contributed by atoms with Gasteiger partial charge in [-0.2, -0.15) is 0 Å². The molecule has 0 amide bonds. The average molecular weight is 376 g/mol. The number of hydrogen-bond acceptors (Lipinski definition) is 5. The first-order chi connectivity index (χ1) is 12.0. The molecule has 0 radical (unpaired) electrons. The number of thioether (sulfide) groups is 1. The number of carbonyl (C=O) groups excluding carboxylic acids is 1. The molecule has 1 saturated heterocycles. The Balaban J connectivity index is 2.43. The van der Waals surface area contributed by atoms with E-state index in [0.717, 1.165) is 27.9 Å². The van der Waals surface area contributed by atoms with E-state index < -0.39 is 18.3 Å². The van der Waals surface area contributed by atoms with Gasteiger partial charge in [0.15, 0.2) is 5.12 Å². The minimum absolute atomic E-state index is 0.0793. The van der Waals surface area contributed by atoms with E-state index in [1.807, 2.05) is 39.8 Å². The molecule has 1 aromatic carbocycles. The lowest BCUT2D eigenvalue weighted by Gasteiger charge is -2.32. The van der Waals surface area contributed by atoms with Crippen LogP contribution in [0.5, 0.6) is 5.75 Å². The predicted molar refractivity (Wildman–Crippen MR) is 110 cm³/mol. The van der Waals surface area contributed by atoms with Gasteiger partial charge in [-0.05, 0) is 75.8 Å². The maximum absolute atomic E-state index is 11.5. The van der Waals surface area contributed by atoms with Crippen molar-refractivity contribution in [2.24, 2.45) is 0 Å². The molecule has 1 aromatic rings. The van der Waals surface area contributed by atoms with E-state index in [2.05, 4.69) is 19.9 Å². The highest BCUT2D eigenvalue weighted by Crippen LogP contribution is 2.39. The van der Waals surface area contributed by atoms with Crippen LogP contribution in [0.4, 0.5) is 0 Å². The number of methoxy groups -OCH3 is 1. The summed E-state index contributed by atoms with van der Waals surface area (Å²) in [6, 6.07) is 4.03. The third kappa shape index (κ3) is 4.53. The Morgan fingerprint density at radius 1 is 1.15 bits per heavy atom. The fourth-order valence-electron chi connectivity index (χ4n) is 2.82. The van der Waals surface area contributed by atoms with Crippen LogP contribution in [0.25, 0.3) is 6.08 Å². The van der Waals surface area contributed by atoms with Gasteiger partial charge < -0.3 is 14.0 Å². The van der Waals surface area contributed by atoms with Gasteiger partial charge in [0.1, 0.15) is 5.75 Å². The van der Waals surface area contributed by atoms with E-state index in [1.165, 1.54) is 11.8 Å². The summed E-state index contributed by atoms with van der Waals surface area (Å²) < 4.78 is 17.8. The largest absolute Gasteiger partial charge is 0.497 e. The summed E-state index contributed by atoms with van der Waals surface area (Å²) in [4.78, 5) is 11.5. The molecular weight excluding hydrogens is 347 g/mol. The van der Waals surface area contributed by atoms with Gasteiger partial charge in [-0.25, -0.2) is 0 Å². The summed E-state index contributed by atoms with van der Waals surface area (Å²) in [5, 5.41) is 0.0793. The smallest absolute Gasteiger partial charge is 0.491 e. The Labute approximate surface area is 161 Å². The van der Waals surface area contributed by atoms with Crippen LogP contribution in [0, 0.1) is 13.8 Å². The monoisotopic (exact) mass is 376 g/mol. The molecule has 0 spiro atoms. The number of rotatable bonds is 5. The Kier molecular flexibility index (Phi) is 6.31. The number of benzene rings is 1.